The van der Waals surface area contributed by atoms with E-state index in [4.69, 9.17) is 4.74 Å². The minimum absolute atomic E-state index is 0.117. The van der Waals surface area contributed by atoms with Crippen LogP contribution in [-0.4, -0.2) is 25.8 Å². The van der Waals surface area contributed by atoms with Crippen LogP contribution in [0.15, 0.2) is 64.4 Å². The molecular formula is C21H19FN4O3. The summed E-state index contributed by atoms with van der Waals surface area (Å²) < 4.78 is 23.6. The van der Waals surface area contributed by atoms with E-state index in [2.05, 4.69) is 4.98 Å². The van der Waals surface area contributed by atoms with E-state index in [9.17, 15) is 14.0 Å². The number of hydrogen-bond donors (Lipinski definition) is 0. The van der Waals surface area contributed by atoms with Crippen molar-refractivity contribution in [3.8, 4) is 11.4 Å². The highest BCUT2D eigenvalue weighted by molar-refractivity contribution is 5.73. The maximum Gasteiger partial charge on any atom is 0.337 e. The van der Waals surface area contributed by atoms with Crippen LogP contribution in [0.4, 0.5) is 4.39 Å². The summed E-state index contributed by atoms with van der Waals surface area (Å²) in [6.45, 7) is 2.03. The minimum Gasteiger partial charge on any atom is -0.495 e. The Kier molecular flexibility index (Phi) is 4.75. The Bertz CT molecular complexity index is 1320. The molecule has 148 valence electrons. The zero-order valence-electron chi connectivity index (χ0n) is 16.0. The first-order valence-electron chi connectivity index (χ1n) is 9.14. The van der Waals surface area contributed by atoms with Crippen molar-refractivity contribution in [3.63, 3.8) is 0 Å². The predicted molar refractivity (Wildman–Crippen MR) is 107 cm³/mol. The van der Waals surface area contributed by atoms with Gasteiger partial charge in [-0.3, -0.25) is 9.36 Å². The molecule has 4 rings (SSSR count). The third-order valence-electron chi connectivity index (χ3n) is 4.84. The van der Waals surface area contributed by atoms with Crippen LogP contribution < -0.4 is 16.0 Å². The van der Waals surface area contributed by atoms with Gasteiger partial charge in [-0.05, 0) is 25.1 Å². The van der Waals surface area contributed by atoms with Crippen molar-refractivity contribution in [3.05, 3.63) is 87.1 Å². The number of imidazole rings is 1. The highest BCUT2D eigenvalue weighted by Crippen LogP contribution is 2.23. The second kappa shape index (κ2) is 7.38. The molecule has 0 amide bonds. The number of benzene rings is 2. The van der Waals surface area contributed by atoms with Gasteiger partial charge in [0, 0.05) is 12.1 Å². The first-order valence-corrected chi connectivity index (χ1v) is 9.14. The molecule has 29 heavy (non-hydrogen) atoms. The lowest BCUT2D eigenvalue weighted by Crippen LogP contribution is -2.39. The molecule has 2 aromatic carbocycles. The van der Waals surface area contributed by atoms with Crippen LogP contribution in [0.5, 0.6) is 5.75 Å². The molecule has 0 aliphatic carbocycles. The molecule has 0 aliphatic rings. The van der Waals surface area contributed by atoms with E-state index in [-0.39, 0.29) is 30.1 Å². The number of ether oxygens (including phenoxy) is 1. The van der Waals surface area contributed by atoms with E-state index in [0.717, 1.165) is 4.57 Å². The normalized spacial score (nSPS) is 11.1. The number of nitrogens with zero attached hydrogens (tertiary/aromatic N) is 4. The molecule has 0 radical (unpaired) electrons. The standard InChI is InChI=1S/C21H19FN4O3/c1-3-25-20(27)18-19(23-13-24(18)12-14-8-4-5-9-15(14)22)26(21(25)28)16-10-6-7-11-17(16)29-2/h4-11,13H,3,12H2,1-2H3. The SMILES string of the molecule is CCn1c(=O)c2c(ncn2Cc2ccccc2F)n(-c2ccccc2OC)c1=O. The van der Waals surface area contributed by atoms with Crippen molar-refractivity contribution in [2.45, 2.75) is 20.0 Å². The van der Waals surface area contributed by atoms with Gasteiger partial charge in [0.15, 0.2) is 11.2 Å². The third-order valence-corrected chi connectivity index (χ3v) is 4.84. The van der Waals surface area contributed by atoms with Gasteiger partial charge in [-0.1, -0.05) is 30.3 Å². The number of methoxy groups -OCH3 is 1. The molecule has 0 atom stereocenters. The zero-order valence-corrected chi connectivity index (χ0v) is 16.0. The van der Waals surface area contributed by atoms with Crippen LogP contribution in [0, 0.1) is 5.82 Å². The van der Waals surface area contributed by atoms with Crippen LogP contribution in [-0.2, 0) is 13.1 Å². The number of para-hydroxylation sites is 2. The monoisotopic (exact) mass is 394 g/mol. The lowest BCUT2D eigenvalue weighted by atomic mass is 10.2. The van der Waals surface area contributed by atoms with Gasteiger partial charge in [0.25, 0.3) is 5.56 Å². The van der Waals surface area contributed by atoms with Crippen molar-refractivity contribution in [2.24, 2.45) is 0 Å². The van der Waals surface area contributed by atoms with E-state index in [1.807, 2.05) is 0 Å². The topological polar surface area (TPSA) is 71.1 Å². The van der Waals surface area contributed by atoms with Gasteiger partial charge in [-0.25, -0.2) is 18.7 Å². The maximum atomic E-state index is 14.1. The van der Waals surface area contributed by atoms with Gasteiger partial charge < -0.3 is 9.30 Å². The van der Waals surface area contributed by atoms with Crippen LogP contribution >= 0.6 is 0 Å². The third kappa shape index (κ3) is 3.02. The molecular weight excluding hydrogens is 375 g/mol. The van der Waals surface area contributed by atoms with Crippen molar-refractivity contribution >= 4 is 11.2 Å². The lowest BCUT2D eigenvalue weighted by molar-refractivity contribution is 0.412. The Hall–Kier alpha value is -3.68. The Balaban J connectivity index is 2.04. The van der Waals surface area contributed by atoms with Crippen molar-refractivity contribution in [1.29, 1.82) is 0 Å². The van der Waals surface area contributed by atoms with E-state index in [1.54, 1.807) is 54.0 Å². The highest BCUT2D eigenvalue weighted by atomic mass is 19.1. The summed E-state index contributed by atoms with van der Waals surface area (Å²) in [4.78, 5) is 30.5. The Labute approximate surface area is 165 Å². The van der Waals surface area contributed by atoms with Crippen LogP contribution in [0.1, 0.15) is 12.5 Å². The van der Waals surface area contributed by atoms with E-state index in [0.29, 0.717) is 17.0 Å². The Morgan fingerprint density at radius 1 is 1.07 bits per heavy atom. The smallest absolute Gasteiger partial charge is 0.337 e. The summed E-state index contributed by atoms with van der Waals surface area (Å²) in [6.07, 6.45) is 1.45. The van der Waals surface area contributed by atoms with E-state index in [1.165, 1.54) is 24.1 Å². The number of fused-ring (bicyclic) bond motifs is 1. The fraction of sp³-hybridized carbons (Fsp3) is 0.190. The van der Waals surface area contributed by atoms with Crippen molar-refractivity contribution in [1.82, 2.24) is 18.7 Å². The summed E-state index contributed by atoms with van der Waals surface area (Å²) in [6, 6.07) is 13.4. The lowest BCUT2D eigenvalue weighted by Gasteiger charge is -2.14. The molecule has 0 bridgehead atoms. The van der Waals surface area contributed by atoms with E-state index >= 15 is 0 Å². The van der Waals surface area contributed by atoms with Crippen molar-refractivity contribution < 1.29 is 9.13 Å². The second-order valence-electron chi connectivity index (χ2n) is 6.48. The van der Waals surface area contributed by atoms with Gasteiger partial charge in [0.1, 0.15) is 11.6 Å². The molecule has 0 spiro atoms. The van der Waals surface area contributed by atoms with Gasteiger partial charge in [-0.15, -0.1) is 0 Å². The quantitative estimate of drug-likeness (QED) is 0.522. The van der Waals surface area contributed by atoms with Gasteiger partial charge in [-0.2, -0.15) is 0 Å². The summed E-state index contributed by atoms with van der Waals surface area (Å²) in [5, 5.41) is 0. The number of hydrogen-bond acceptors (Lipinski definition) is 4. The predicted octanol–water partition coefficient (Wildman–Crippen LogP) is 2.56. The summed E-state index contributed by atoms with van der Waals surface area (Å²) in [5.74, 6) is 0.101. The Morgan fingerprint density at radius 2 is 1.79 bits per heavy atom. The molecule has 7 nitrogen and oxygen atoms in total. The molecule has 2 heterocycles. The van der Waals surface area contributed by atoms with Crippen LogP contribution in [0.2, 0.25) is 0 Å². The fourth-order valence-electron chi connectivity index (χ4n) is 3.42. The molecule has 8 heteroatoms. The molecule has 0 unspecified atom stereocenters. The molecule has 0 saturated heterocycles. The summed E-state index contributed by atoms with van der Waals surface area (Å²) >= 11 is 0. The molecule has 0 N–H and O–H groups in total. The van der Waals surface area contributed by atoms with Gasteiger partial charge in [0.05, 0.1) is 25.7 Å². The minimum atomic E-state index is -0.509. The molecule has 0 saturated carbocycles. The van der Waals surface area contributed by atoms with Gasteiger partial charge >= 0.3 is 5.69 Å². The average Bonchev–Trinajstić information content (AvgIpc) is 3.14. The van der Waals surface area contributed by atoms with Crippen LogP contribution in [0.25, 0.3) is 16.9 Å². The molecule has 2 aromatic heterocycles. The first-order chi connectivity index (χ1) is 14.1. The van der Waals surface area contributed by atoms with Crippen LogP contribution in [0.3, 0.4) is 0 Å². The average molecular weight is 394 g/mol. The maximum absolute atomic E-state index is 14.1. The molecule has 0 aliphatic heterocycles. The molecule has 4 aromatic rings. The van der Waals surface area contributed by atoms with Crippen molar-refractivity contribution in [2.75, 3.05) is 7.11 Å². The number of rotatable bonds is 5. The van der Waals surface area contributed by atoms with Gasteiger partial charge in [0.2, 0.25) is 0 Å². The summed E-state index contributed by atoms with van der Waals surface area (Å²) in [7, 11) is 1.51. The zero-order chi connectivity index (χ0) is 20.5. The number of halogens is 1. The summed E-state index contributed by atoms with van der Waals surface area (Å²) in [5.41, 5.74) is 0.344. The Morgan fingerprint density at radius 3 is 2.52 bits per heavy atom. The fourth-order valence-corrected chi connectivity index (χ4v) is 3.42. The highest BCUT2D eigenvalue weighted by Gasteiger charge is 2.20. The van der Waals surface area contributed by atoms with E-state index < -0.39 is 11.2 Å². The second-order valence-corrected chi connectivity index (χ2v) is 6.48. The largest absolute Gasteiger partial charge is 0.495 e. The number of aromatic nitrogens is 4. The molecule has 0 fully saturated rings. The first kappa shape index (κ1) is 18.7.